The van der Waals surface area contributed by atoms with Crippen LogP contribution in [0.25, 0.3) is 0 Å². The molecule has 0 aromatic heterocycles. The predicted molar refractivity (Wildman–Crippen MR) is 59.1 cm³/mol. The van der Waals surface area contributed by atoms with Crippen LogP contribution in [0.3, 0.4) is 0 Å². The van der Waals surface area contributed by atoms with Crippen LogP contribution in [0.2, 0.25) is 0 Å². The summed E-state index contributed by atoms with van der Waals surface area (Å²) in [6.45, 7) is 0. The molecule has 0 saturated carbocycles. The molecule has 0 unspecified atom stereocenters. The fourth-order valence-corrected chi connectivity index (χ4v) is 1.49. The number of halogens is 3. The summed E-state index contributed by atoms with van der Waals surface area (Å²) in [5, 5.41) is 0. The van der Waals surface area contributed by atoms with Crippen molar-refractivity contribution in [2.24, 2.45) is 5.73 Å². The van der Waals surface area contributed by atoms with Crippen molar-refractivity contribution in [2.75, 3.05) is 21.3 Å². The van der Waals surface area contributed by atoms with E-state index >= 15 is 0 Å². The summed E-state index contributed by atoms with van der Waals surface area (Å²) in [5.41, 5.74) is 4.94. The van der Waals surface area contributed by atoms with Gasteiger partial charge >= 0.3 is 6.18 Å². The maximum Gasteiger partial charge on any atom is 0.407 e. The molecule has 1 aromatic rings. The van der Waals surface area contributed by atoms with Crippen molar-refractivity contribution < 1.29 is 27.4 Å². The van der Waals surface area contributed by atoms with Gasteiger partial charge in [-0.15, -0.1) is 0 Å². The minimum absolute atomic E-state index is 0.0527. The van der Waals surface area contributed by atoms with E-state index in [4.69, 9.17) is 19.9 Å². The van der Waals surface area contributed by atoms with Gasteiger partial charge in [0.15, 0.2) is 11.5 Å². The van der Waals surface area contributed by atoms with Gasteiger partial charge in [0.1, 0.15) is 11.8 Å². The summed E-state index contributed by atoms with van der Waals surface area (Å²) in [6.07, 6.45) is -4.58. The molecule has 4 nitrogen and oxygen atoms in total. The molecule has 1 atom stereocenters. The first kappa shape index (κ1) is 14.4. The van der Waals surface area contributed by atoms with Gasteiger partial charge in [0.05, 0.1) is 21.3 Å². The highest BCUT2D eigenvalue weighted by Crippen LogP contribution is 2.42. The van der Waals surface area contributed by atoms with Gasteiger partial charge in [-0.3, -0.25) is 0 Å². The maximum atomic E-state index is 12.7. The molecule has 7 heteroatoms. The molecule has 0 amide bonds. The summed E-state index contributed by atoms with van der Waals surface area (Å²) >= 11 is 0. The van der Waals surface area contributed by atoms with Crippen LogP contribution < -0.4 is 19.9 Å². The van der Waals surface area contributed by atoms with Crippen LogP contribution in [0.15, 0.2) is 12.1 Å². The van der Waals surface area contributed by atoms with E-state index in [2.05, 4.69) is 0 Å². The van der Waals surface area contributed by atoms with Gasteiger partial charge in [0, 0.05) is 11.6 Å². The Bertz CT molecular complexity index is 421. The van der Waals surface area contributed by atoms with Gasteiger partial charge in [-0.2, -0.15) is 13.2 Å². The monoisotopic (exact) mass is 265 g/mol. The third kappa shape index (κ3) is 2.79. The molecule has 0 heterocycles. The van der Waals surface area contributed by atoms with Crippen molar-refractivity contribution in [3.05, 3.63) is 17.7 Å². The predicted octanol–water partition coefficient (Wildman–Crippen LogP) is 2.27. The number of hydrogen-bond acceptors (Lipinski definition) is 4. The largest absolute Gasteiger partial charge is 0.497 e. The van der Waals surface area contributed by atoms with Crippen LogP contribution in [0.4, 0.5) is 13.2 Å². The van der Waals surface area contributed by atoms with Crippen LogP contribution in [0.1, 0.15) is 11.6 Å². The van der Waals surface area contributed by atoms with Gasteiger partial charge in [0.2, 0.25) is 0 Å². The zero-order chi connectivity index (χ0) is 13.9. The van der Waals surface area contributed by atoms with Crippen LogP contribution in [-0.2, 0) is 0 Å². The average molecular weight is 265 g/mol. The zero-order valence-electron chi connectivity index (χ0n) is 10.2. The van der Waals surface area contributed by atoms with Gasteiger partial charge < -0.3 is 19.9 Å². The van der Waals surface area contributed by atoms with E-state index < -0.39 is 12.2 Å². The Balaban J connectivity index is 3.40. The normalized spacial score (nSPS) is 13.1. The van der Waals surface area contributed by atoms with Crippen LogP contribution in [-0.4, -0.2) is 27.5 Å². The van der Waals surface area contributed by atoms with E-state index in [0.29, 0.717) is 0 Å². The zero-order valence-corrected chi connectivity index (χ0v) is 10.2. The summed E-state index contributed by atoms with van der Waals surface area (Å²) < 4.78 is 52.8. The smallest absolute Gasteiger partial charge is 0.407 e. The number of ether oxygens (including phenoxy) is 3. The lowest BCUT2D eigenvalue weighted by atomic mass is 10.0. The molecule has 102 valence electrons. The van der Waals surface area contributed by atoms with Crippen molar-refractivity contribution in [3.63, 3.8) is 0 Å². The Morgan fingerprint density at radius 2 is 1.67 bits per heavy atom. The Kier molecular flexibility index (Phi) is 4.28. The molecule has 0 aliphatic heterocycles. The summed E-state index contributed by atoms with van der Waals surface area (Å²) in [5.74, 6) is 0.289. The van der Waals surface area contributed by atoms with E-state index in [0.717, 1.165) is 0 Å². The molecule has 1 aromatic carbocycles. The SMILES string of the molecule is COc1cc(OC)c(OC)c([C@H](N)C(F)(F)F)c1. The van der Waals surface area contributed by atoms with Gasteiger partial charge in [-0.1, -0.05) is 0 Å². The number of benzene rings is 1. The topological polar surface area (TPSA) is 53.7 Å². The average Bonchev–Trinajstić information content (AvgIpc) is 2.34. The highest BCUT2D eigenvalue weighted by atomic mass is 19.4. The Labute approximate surface area is 102 Å². The maximum absolute atomic E-state index is 12.7. The van der Waals surface area contributed by atoms with Crippen molar-refractivity contribution in [2.45, 2.75) is 12.2 Å². The first-order chi connectivity index (χ1) is 8.35. The highest BCUT2D eigenvalue weighted by Gasteiger charge is 2.40. The van der Waals surface area contributed by atoms with Gasteiger partial charge in [-0.25, -0.2) is 0 Å². The second-order valence-corrected chi connectivity index (χ2v) is 3.47. The second-order valence-electron chi connectivity index (χ2n) is 3.47. The molecule has 0 fully saturated rings. The molecule has 0 saturated heterocycles. The van der Waals surface area contributed by atoms with Gasteiger partial charge in [-0.05, 0) is 6.07 Å². The standard InChI is InChI=1S/C11H14F3NO3/c1-16-6-4-7(10(15)11(12,13)14)9(18-3)8(5-6)17-2/h4-5,10H,15H2,1-3H3/t10-/m0/s1. The van der Waals surface area contributed by atoms with Gasteiger partial charge in [0.25, 0.3) is 0 Å². The molecule has 0 spiro atoms. The quantitative estimate of drug-likeness (QED) is 0.907. The number of alkyl halides is 3. The van der Waals surface area contributed by atoms with Crippen LogP contribution >= 0.6 is 0 Å². The molecule has 2 N–H and O–H groups in total. The minimum Gasteiger partial charge on any atom is -0.497 e. The van der Waals surface area contributed by atoms with Crippen molar-refractivity contribution in [3.8, 4) is 17.2 Å². The van der Waals surface area contributed by atoms with E-state index in [9.17, 15) is 13.2 Å². The number of methoxy groups -OCH3 is 3. The summed E-state index contributed by atoms with van der Waals surface area (Å²) in [4.78, 5) is 0. The Hall–Kier alpha value is -1.63. The number of nitrogens with two attached hydrogens (primary N) is 1. The number of hydrogen-bond donors (Lipinski definition) is 1. The highest BCUT2D eigenvalue weighted by molar-refractivity contribution is 5.53. The fraction of sp³-hybridized carbons (Fsp3) is 0.455. The molecule has 0 radical (unpaired) electrons. The van der Waals surface area contributed by atoms with E-state index in [1.807, 2.05) is 0 Å². The fourth-order valence-electron chi connectivity index (χ4n) is 1.49. The molecule has 0 aliphatic carbocycles. The minimum atomic E-state index is -4.58. The molecular formula is C11H14F3NO3. The Morgan fingerprint density at radius 3 is 2.06 bits per heavy atom. The van der Waals surface area contributed by atoms with E-state index in [-0.39, 0.29) is 22.8 Å². The molecule has 18 heavy (non-hydrogen) atoms. The summed E-state index contributed by atoms with van der Waals surface area (Å²) in [6, 6.07) is 0.432. The van der Waals surface area contributed by atoms with Crippen LogP contribution in [0.5, 0.6) is 17.2 Å². The molecular weight excluding hydrogens is 251 g/mol. The van der Waals surface area contributed by atoms with E-state index in [1.54, 1.807) is 0 Å². The molecule has 0 aliphatic rings. The first-order valence-corrected chi connectivity index (χ1v) is 4.97. The third-order valence-corrected chi connectivity index (χ3v) is 2.40. The van der Waals surface area contributed by atoms with Crippen LogP contribution in [0, 0.1) is 0 Å². The van der Waals surface area contributed by atoms with E-state index in [1.165, 1.54) is 33.5 Å². The third-order valence-electron chi connectivity index (χ3n) is 2.40. The first-order valence-electron chi connectivity index (χ1n) is 4.97. The van der Waals surface area contributed by atoms with Crippen molar-refractivity contribution in [1.82, 2.24) is 0 Å². The number of rotatable bonds is 4. The lowest BCUT2D eigenvalue weighted by molar-refractivity contribution is -0.149. The second kappa shape index (κ2) is 5.34. The molecule has 1 rings (SSSR count). The van der Waals surface area contributed by atoms with Crippen molar-refractivity contribution >= 4 is 0 Å². The van der Waals surface area contributed by atoms with Crippen molar-refractivity contribution in [1.29, 1.82) is 0 Å². The Morgan fingerprint density at radius 1 is 1.06 bits per heavy atom. The lowest BCUT2D eigenvalue weighted by Gasteiger charge is -2.21. The summed E-state index contributed by atoms with van der Waals surface area (Å²) in [7, 11) is 3.90. The lowest BCUT2D eigenvalue weighted by Crippen LogP contribution is -2.29. The molecule has 0 bridgehead atoms.